The SMILES string of the molecule is COc1ccc(NC(=O)C(CCSC)NS(=O)(=O)c2ccccc2OC)cc1Cl. The van der Waals surface area contributed by atoms with Crippen molar-refractivity contribution < 1.29 is 22.7 Å². The molecule has 1 unspecified atom stereocenters. The molecule has 2 N–H and O–H groups in total. The van der Waals surface area contributed by atoms with Crippen LogP contribution in [0.4, 0.5) is 5.69 Å². The molecule has 0 aromatic heterocycles. The average molecular weight is 459 g/mol. The summed E-state index contributed by atoms with van der Waals surface area (Å²) in [7, 11) is -1.10. The fraction of sp³-hybridized carbons (Fsp3) is 0.316. The molecule has 2 aromatic carbocycles. The van der Waals surface area contributed by atoms with Gasteiger partial charge >= 0.3 is 0 Å². The number of amides is 1. The summed E-state index contributed by atoms with van der Waals surface area (Å²) in [5.41, 5.74) is 0.437. The molecule has 0 saturated heterocycles. The van der Waals surface area contributed by atoms with E-state index in [2.05, 4.69) is 10.0 Å². The Balaban J connectivity index is 2.24. The van der Waals surface area contributed by atoms with Crippen LogP contribution in [0.15, 0.2) is 47.4 Å². The van der Waals surface area contributed by atoms with Crippen LogP contribution in [0.2, 0.25) is 5.02 Å². The summed E-state index contributed by atoms with van der Waals surface area (Å²) in [6.07, 6.45) is 2.19. The number of hydrogen-bond donors (Lipinski definition) is 2. The Morgan fingerprint density at radius 1 is 1.14 bits per heavy atom. The molecule has 2 rings (SSSR count). The van der Waals surface area contributed by atoms with Gasteiger partial charge in [0.15, 0.2) is 0 Å². The van der Waals surface area contributed by atoms with Crippen LogP contribution >= 0.6 is 23.4 Å². The number of rotatable bonds is 10. The number of anilines is 1. The van der Waals surface area contributed by atoms with E-state index >= 15 is 0 Å². The number of benzene rings is 2. The first-order valence-electron chi connectivity index (χ1n) is 8.61. The molecule has 1 amide bonds. The van der Waals surface area contributed by atoms with Crippen LogP contribution in [0.25, 0.3) is 0 Å². The zero-order valence-electron chi connectivity index (χ0n) is 16.3. The Labute approximate surface area is 180 Å². The Bertz CT molecular complexity index is 953. The van der Waals surface area contributed by atoms with Crippen molar-refractivity contribution in [1.82, 2.24) is 4.72 Å². The number of ether oxygens (including phenoxy) is 2. The molecule has 7 nitrogen and oxygen atoms in total. The van der Waals surface area contributed by atoms with E-state index in [1.165, 1.54) is 32.0 Å². The zero-order chi connectivity index (χ0) is 21.4. The van der Waals surface area contributed by atoms with Crippen LogP contribution in [0.3, 0.4) is 0 Å². The Kier molecular flexibility index (Phi) is 8.63. The molecule has 0 fully saturated rings. The molecular weight excluding hydrogens is 436 g/mol. The Hall–Kier alpha value is -1.94. The van der Waals surface area contributed by atoms with Gasteiger partial charge in [-0.05, 0) is 48.8 Å². The summed E-state index contributed by atoms with van der Waals surface area (Å²) in [4.78, 5) is 12.8. The van der Waals surface area contributed by atoms with Gasteiger partial charge in [0.2, 0.25) is 15.9 Å². The fourth-order valence-electron chi connectivity index (χ4n) is 2.54. The van der Waals surface area contributed by atoms with E-state index in [9.17, 15) is 13.2 Å². The summed E-state index contributed by atoms with van der Waals surface area (Å²) in [5, 5.41) is 3.03. The number of halogens is 1. The van der Waals surface area contributed by atoms with Gasteiger partial charge in [0.1, 0.15) is 22.4 Å². The number of carbonyl (C=O) groups excluding carboxylic acids is 1. The number of methoxy groups -OCH3 is 2. The smallest absolute Gasteiger partial charge is 0.244 e. The molecule has 0 aliphatic carbocycles. The highest BCUT2D eigenvalue weighted by atomic mass is 35.5. The maximum Gasteiger partial charge on any atom is 0.244 e. The molecule has 1 atom stereocenters. The minimum atomic E-state index is -3.98. The van der Waals surface area contributed by atoms with Crippen LogP contribution in [-0.2, 0) is 14.8 Å². The molecule has 2 aromatic rings. The maximum absolute atomic E-state index is 12.9. The molecule has 0 heterocycles. The van der Waals surface area contributed by atoms with Gasteiger partial charge in [-0.25, -0.2) is 8.42 Å². The van der Waals surface area contributed by atoms with E-state index in [0.29, 0.717) is 28.6 Å². The van der Waals surface area contributed by atoms with E-state index in [0.717, 1.165) is 0 Å². The summed E-state index contributed by atoms with van der Waals surface area (Å²) >= 11 is 7.60. The van der Waals surface area contributed by atoms with Gasteiger partial charge < -0.3 is 14.8 Å². The maximum atomic E-state index is 12.9. The molecule has 29 heavy (non-hydrogen) atoms. The lowest BCUT2D eigenvalue weighted by Gasteiger charge is -2.19. The van der Waals surface area contributed by atoms with Gasteiger partial charge in [-0.3, -0.25) is 4.79 Å². The lowest BCUT2D eigenvalue weighted by atomic mass is 10.2. The first-order valence-corrected chi connectivity index (χ1v) is 11.9. The van der Waals surface area contributed by atoms with Crippen LogP contribution in [0.5, 0.6) is 11.5 Å². The Morgan fingerprint density at radius 3 is 2.45 bits per heavy atom. The van der Waals surface area contributed by atoms with Crippen molar-refractivity contribution in [2.45, 2.75) is 17.4 Å². The van der Waals surface area contributed by atoms with Gasteiger partial charge in [-0.2, -0.15) is 16.5 Å². The zero-order valence-corrected chi connectivity index (χ0v) is 18.7. The van der Waals surface area contributed by atoms with Gasteiger partial charge in [0.25, 0.3) is 0 Å². The monoisotopic (exact) mass is 458 g/mol. The minimum Gasteiger partial charge on any atom is -0.495 e. The number of para-hydroxylation sites is 1. The molecule has 0 aliphatic heterocycles. The topological polar surface area (TPSA) is 93.7 Å². The van der Waals surface area contributed by atoms with E-state index in [1.54, 1.807) is 36.4 Å². The molecular formula is C19H23ClN2O5S2. The predicted molar refractivity (Wildman–Crippen MR) is 117 cm³/mol. The third kappa shape index (κ3) is 6.27. The first-order chi connectivity index (χ1) is 13.8. The van der Waals surface area contributed by atoms with Gasteiger partial charge in [-0.1, -0.05) is 23.7 Å². The molecule has 0 radical (unpaired) electrons. The number of carbonyl (C=O) groups is 1. The molecule has 0 saturated carbocycles. The van der Waals surface area contributed by atoms with Crippen molar-refractivity contribution in [3.63, 3.8) is 0 Å². The van der Waals surface area contributed by atoms with Crippen molar-refractivity contribution >= 4 is 45.0 Å². The van der Waals surface area contributed by atoms with E-state index < -0.39 is 22.0 Å². The third-order valence-electron chi connectivity index (χ3n) is 4.00. The van der Waals surface area contributed by atoms with Crippen molar-refractivity contribution in [3.05, 3.63) is 47.5 Å². The first kappa shape index (κ1) is 23.3. The van der Waals surface area contributed by atoms with Gasteiger partial charge in [-0.15, -0.1) is 0 Å². The van der Waals surface area contributed by atoms with Crippen molar-refractivity contribution in [2.75, 3.05) is 31.5 Å². The standard InChI is InChI=1S/C19H23ClN2O5S2/c1-26-16-9-8-13(12-14(16)20)21-19(23)15(10-11-28-3)22-29(24,25)18-7-5-4-6-17(18)27-2/h4-9,12,15,22H,10-11H2,1-3H3,(H,21,23). The number of hydrogen-bond acceptors (Lipinski definition) is 6. The second kappa shape index (κ2) is 10.7. The second-order valence-corrected chi connectivity index (χ2v) is 9.02. The highest BCUT2D eigenvalue weighted by Crippen LogP contribution is 2.27. The van der Waals surface area contributed by atoms with Crippen molar-refractivity contribution in [2.24, 2.45) is 0 Å². The van der Waals surface area contributed by atoms with Crippen LogP contribution in [0.1, 0.15) is 6.42 Å². The average Bonchev–Trinajstić information content (AvgIpc) is 2.71. The molecule has 10 heteroatoms. The summed E-state index contributed by atoms with van der Waals surface area (Å²) < 4.78 is 38.4. The van der Waals surface area contributed by atoms with Crippen LogP contribution < -0.4 is 19.5 Å². The number of nitrogens with one attached hydrogen (secondary N) is 2. The van der Waals surface area contributed by atoms with Crippen molar-refractivity contribution in [3.8, 4) is 11.5 Å². The van der Waals surface area contributed by atoms with E-state index in [4.69, 9.17) is 21.1 Å². The Morgan fingerprint density at radius 2 is 1.83 bits per heavy atom. The fourth-order valence-corrected chi connectivity index (χ4v) is 4.67. The number of thioether (sulfide) groups is 1. The van der Waals surface area contributed by atoms with Crippen molar-refractivity contribution in [1.29, 1.82) is 0 Å². The van der Waals surface area contributed by atoms with E-state index in [-0.39, 0.29) is 10.6 Å². The minimum absolute atomic E-state index is 0.0306. The highest BCUT2D eigenvalue weighted by Gasteiger charge is 2.27. The van der Waals surface area contributed by atoms with Gasteiger partial charge in [0, 0.05) is 5.69 Å². The van der Waals surface area contributed by atoms with Crippen LogP contribution in [0, 0.1) is 0 Å². The second-order valence-electron chi connectivity index (χ2n) is 5.94. The quantitative estimate of drug-likeness (QED) is 0.566. The summed E-state index contributed by atoms with van der Waals surface area (Å²) in [6.45, 7) is 0. The molecule has 0 aliphatic rings. The highest BCUT2D eigenvalue weighted by molar-refractivity contribution is 7.98. The number of sulfonamides is 1. The third-order valence-corrected chi connectivity index (χ3v) is 6.45. The van der Waals surface area contributed by atoms with E-state index in [1.807, 2.05) is 6.26 Å². The normalized spacial score (nSPS) is 12.3. The summed E-state index contributed by atoms with van der Waals surface area (Å²) in [6, 6.07) is 10.0. The summed E-state index contributed by atoms with van der Waals surface area (Å²) in [5.74, 6) is 0.779. The molecule has 0 spiro atoms. The lowest BCUT2D eigenvalue weighted by molar-refractivity contribution is -0.117. The molecule has 158 valence electrons. The van der Waals surface area contributed by atoms with Crippen LogP contribution in [-0.4, -0.2) is 46.6 Å². The van der Waals surface area contributed by atoms with Gasteiger partial charge in [0.05, 0.1) is 19.2 Å². The molecule has 0 bridgehead atoms. The predicted octanol–water partition coefficient (Wildman–Crippen LogP) is 3.40. The largest absolute Gasteiger partial charge is 0.495 e. The lowest BCUT2D eigenvalue weighted by Crippen LogP contribution is -2.44.